The summed E-state index contributed by atoms with van der Waals surface area (Å²) in [4.78, 5) is 7.79. The Labute approximate surface area is 93.2 Å². The summed E-state index contributed by atoms with van der Waals surface area (Å²) in [6.07, 6.45) is 4.32. The van der Waals surface area contributed by atoms with Gasteiger partial charge >= 0.3 is 0 Å². The van der Waals surface area contributed by atoms with Crippen molar-refractivity contribution in [1.29, 1.82) is 0 Å². The highest BCUT2D eigenvalue weighted by Gasteiger charge is 2.20. The van der Waals surface area contributed by atoms with Crippen LogP contribution in [0.3, 0.4) is 0 Å². The third kappa shape index (κ3) is 2.24. The predicted molar refractivity (Wildman–Crippen MR) is 58.4 cm³/mol. The van der Waals surface area contributed by atoms with E-state index in [1.54, 1.807) is 36.7 Å². The molecular formula is C12H12N2O2. The van der Waals surface area contributed by atoms with Crippen molar-refractivity contribution in [3.8, 4) is 0 Å². The molecule has 82 valence electrons. The first kappa shape index (κ1) is 10.7. The number of aliphatic hydroxyl groups is 2. The minimum Gasteiger partial charge on any atom is -0.385 e. The van der Waals surface area contributed by atoms with Gasteiger partial charge in [-0.15, -0.1) is 0 Å². The van der Waals surface area contributed by atoms with Crippen LogP contribution in [-0.4, -0.2) is 20.2 Å². The number of pyridine rings is 2. The van der Waals surface area contributed by atoms with Gasteiger partial charge in [-0.05, 0) is 12.1 Å². The van der Waals surface area contributed by atoms with Crippen LogP contribution in [0, 0.1) is 0 Å². The van der Waals surface area contributed by atoms with Crippen LogP contribution in [0.5, 0.6) is 0 Å². The van der Waals surface area contributed by atoms with E-state index in [-0.39, 0.29) is 0 Å². The molecule has 0 bridgehead atoms. The predicted octanol–water partition coefficient (Wildman–Crippen LogP) is 1.24. The van der Waals surface area contributed by atoms with Crippen molar-refractivity contribution in [2.45, 2.75) is 12.2 Å². The third-order valence-electron chi connectivity index (χ3n) is 2.35. The van der Waals surface area contributed by atoms with Crippen molar-refractivity contribution >= 4 is 0 Å². The van der Waals surface area contributed by atoms with Gasteiger partial charge in [0.2, 0.25) is 0 Å². The molecule has 0 aliphatic carbocycles. The van der Waals surface area contributed by atoms with Crippen LogP contribution in [0.2, 0.25) is 0 Å². The number of aromatic nitrogens is 2. The molecule has 0 unspecified atom stereocenters. The summed E-state index contributed by atoms with van der Waals surface area (Å²) in [5, 5.41) is 19.8. The van der Waals surface area contributed by atoms with Gasteiger partial charge in [-0.25, -0.2) is 0 Å². The van der Waals surface area contributed by atoms with Crippen molar-refractivity contribution in [2.75, 3.05) is 0 Å². The smallest absolute Gasteiger partial charge is 0.111 e. The molecule has 4 nitrogen and oxygen atoms in total. The molecule has 2 atom stereocenters. The lowest BCUT2D eigenvalue weighted by molar-refractivity contribution is 0.0168. The molecule has 0 radical (unpaired) electrons. The molecule has 0 saturated heterocycles. The zero-order valence-corrected chi connectivity index (χ0v) is 8.56. The van der Waals surface area contributed by atoms with E-state index in [1.165, 1.54) is 12.4 Å². The molecule has 4 heteroatoms. The van der Waals surface area contributed by atoms with E-state index < -0.39 is 12.2 Å². The van der Waals surface area contributed by atoms with Crippen molar-refractivity contribution in [2.24, 2.45) is 0 Å². The second-order valence-electron chi connectivity index (χ2n) is 3.46. The van der Waals surface area contributed by atoms with Gasteiger partial charge in [0.1, 0.15) is 12.2 Å². The van der Waals surface area contributed by atoms with E-state index in [9.17, 15) is 10.2 Å². The van der Waals surface area contributed by atoms with E-state index in [0.717, 1.165) is 0 Å². The molecule has 0 aliphatic heterocycles. The summed E-state index contributed by atoms with van der Waals surface area (Å²) >= 11 is 0. The lowest BCUT2D eigenvalue weighted by Crippen LogP contribution is -2.10. The Bertz CT molecular complexity index is 390. The summed E-state index contributed by atoms with van der Waals surface area (Å²) in [5.74, 6) is 0. The highest BCUT2D eigenvalue weighted by molar-refractivity contribution is 5.20. The summed E-state index contributed by atoms with van der Waals surface area (Å²) in [7, 11) is 0. The fourth-order valence-electron chi connectivity index (χ4n) is 1.47. The van der Waals surface area contributed by atoms with Crippen LogP contribution in [-0.2, 0) is 0 Å². The number of hydrogen-bond donors (Lipinski definition) is 2. The van der Waals surface area contributed by atoms with E-state index in [0.29, 0.717) is 11.1 Å². The molecule has 2 aromatic rings. The lowest BCUT2D eigenvalue weighted by Gasteiger charge is -2.17. The van der Waals surface area contributed by atoms with Gasteiger partial charge in [-0.2, -0.15) is 0 Å². The quantitative estimate of drug-likeness (QED) is 0.810. The summed E-state index contributed by atoms with van der Waals surface area (Å²) < 4.78 is 0. The first-order chi connectivity index (χ1) is 7.79. The van der Waals surface area contributed by atoms with Crippen LogP contribution in [0.15, 0.2) is 49.1 Å². The fourth-order valence-corrected chi connectivity index (χ4v) is 1.47. The minimum atomic E-state index is -0.988. The second kappa shape index (κ2) is 4.83. The highest BCUT2D eigenvalue weighted by atomic mass is 16.3. The number of aliphatic hydroxyl groups excluding tert-OH is 2. The fraction of sp³-hybridized carbons (Fsp3) is 0.167. The third-order valence-corrected chi connectivity index (χ3v) is 2.35. The normalized spacial score (nSPS) is 14.4. The van der Waals surface area contributed by atoms with Crippen LogP contribution in [0.1, 0.15) is 23.3 Å². The average Bonchev–Trinajstić information content (AvgIpc) is 2.39. The molecule has 0 aromatic carbocycles. The first-order valence-corrected chi connectivity index (χ1v) is 4.95. The van der Waals surface area contributed by atoms with Gasteiger partial charge in [0.25, 0.3) is 0 Å². The molecule has 0 aliphatic rings. The second-order valence-corrected chi connectivity index (χ2v) is 3.46. The molecule has 0 amide bonds. The average molecular weight is 216 g/mol. The van der Waals surface area contributed by atoms with E-state index in [1.807, 2.05) is 0 Å². The van der Waals surface area contributed by atoms with Gasteiger partial charge in [0.15, 0.2) is 0 Å². The Morgan fingerprint density at radius 2 is 1.25 bits per heavy atom. The topological polar surface area (TPSA) is 66.2 Å². The van der Waals surface area contributed by atoms with Crippen LogP contribution < -0.4 is 0 Å². The molecule has 0 saturated carbocycles. The number of rotatable bonds is 3. The molecule has 2 aromatic heterocycles. The van der Waals surface area contributed by atoms with E-state index in [2.05, 4.69) is 9.97 Å². The van der Waals surface area contributed by atoms with Crippen LogP contribution in [0.4, 0.5) is 0 Å². The minimum absolute atomic E-state index is 0.582. The zero-order chi connectivity index (χ0) is 11.4. The maximum Gasteiger partial charge on any atom is 0.111 e. The van der Waals surface area contributed by atoms with Crippen molar-refractivity contribution in [3.05, 3.63) is 60.2 Å². The summed E-state index contributed by atoms with van der Waals surface area (Å²) in [6, 6.07) is 6.87. The molecule has 16 heavy (non-hydrogen) atoms. The van der Waals surface area contributed by atoms with Gasteiger partial charge < -0.3 is 10.2 Å². The Balaban J connectivity index is 2.20. The SMILES string of the molecule is O[C@H](c1cccnc1)[C@H](O)c1cccnc1. The van der Waals surface area contributed by atoms with Crippen molar-refractivity contribution < 1.29 is 10.2 Å². The standard InChI is InChI=1S/C12H12N2O2/c15-11(9-3-1-5-13-7-9)12(16)10-4-2-6-14-8-10/h1-8,11-12,15-16H/t11-,12-/m1/s1. The van der Waals surface area contributed by atoms with E-state index >= 15 is 0 Å². The monoisotopic (exact) mass is 216 g/mol. The van der Waals surface area contributed by atoms with Gasteiger partial charge in [-0.1, -0.05) is 12.1 Å². The van der Waals surface area contributed by atoms with Gasteiger partial charge in [-0.3, -0.25) is 9.97 Å². The van der Waals surface area contributed by atoms with Crippen molar-refractivity contribution in [3.63, 3.8) is 0 Å². The molecule has 0 spiro atoms. The molecule has 2 rings (SSSR count). The number of nitrogens with zero attached hydrogens (tertiary/aromatic N) is 2. The molecule has 0 fully saturated rings. The zero-order valence-electron chi connectivity index (χ0n) is 8.56. The van der Waals surface area contributed by atoms with Gasteiger partial charge in [0.05, 0.1) is 0 Å². The maximum absolute atomic E-state index is 9.92. The maximum atomic E-state index is 9.92. The largest absolute Gasteiger partial charge is 0.385 e. The van der Waals surface area contributed by atoms with Gasteiger partial charge in [0, 0.05) is 35.9 Å². The Morgan fingerprint density at radius 1 is 0.812 bits per heavy atom. The van der Waals surface area contributed by atoms with Crippen LogP contribution in [0.25, 0.3) is 0 Å². The first-order valence-electron chi connectivity index (χ1n) is 4.95. The van der Waals surface area contributed by atoms with Crippen LogP contribution >= 0.6 is 0 Å². The highest BCUT2D eigenvalue weighted by Crippen LogP contribution is 2.27. The Kier molecular flexibility index (Phi) is 3.24. The summed E-state index contributed by atoms with van der Waals surface area (Å²) in [6.45, 7) is 0. The molecule has 2 heterocycles. The lowest BCUT2D eigenvalue weighted by atomic mass is 10.0. The van der Waals surface area contributed by atoms with E-state index in [4.69, 9.17) is 0 Å². The molecule has 2 N–H and O–H groups in total. The molecular weight excluding hydrogens is 204 g/mol. The van der Waals surface area contributed by atoms with Crippen molar-refractivity contribution in [1.82, 2.24) is 9.97 Å². The Hall–Kier alpha value is -1.78. The Morgan fingerprint density at radius 3 is 1.56 bits per heavy atom. The number of hydrogen-bond acceptors (Lipinski definition) is 4. The summed E-state index contributed by atoms with van der Waals surface area (Å²) in [5.41, 5.74) is 1.16.